The highest BCUT2D eigenvalue weighted by atomic mass is 79.9. The number of hydrogen-bond donors (Lipinski definition) is 1. The highest BCUT2D eigenvalue weighted by molar-refractivity contribution is 9.10. The lowest BCUT2D eigenvalue weighted by molar-refractivity contribution is -0.115. The molecule has 0 saturated carbocycles. The van der Waals surface area contributed by atoms with Gasteiger partial charge in [0.05, 0.1) is 5.75 Å². The third-order valence-electron chi connectivity index (χ3n) is 1.99. The number of halogens is 3. The van der Waals surface area contributed by atoms with E-state index in [1.54, 1.807) is 18.2 Å². The molecule has 4 nitrogen and oxygen atoms in total. The number of rotatable bonds is 5. The summed E-state index contributed by atoms with van der Waals surface area (Å²) in [6, 6.07) is 6.97. The van der Waals surface area contributed by atoms with Gasteiger partial charge in [0.1, 0.15) is 0 Å². The van der Waals surface area contributed by atoms with E-state index < -0.39 is 19.9 Å². The Morgan fingerprint density at radius 3 is 2.61 bits per heavy atom. The molecule has 0 fully saturated rings. The predicted molar refractivity (Wildman–Crippen MR) is 76.7 cm³/mol. The Balaban J connectivity index is 2.53. The average Bonchev–Trinajstić information content (AvgIpc) is 2.26. The second-order valence-corrected chi connectivity index (χ2v) is 8.17. The molecule has 18 heavy (non-hydrogen) atoms. The molecule has 0 heterocycles. The zero-order chi connectivity index (χ0) is 13.8. The molecule has 1 aromatic rings. The largest absolute Gasteiger partial charge is 0.326 e. The number of amides is 1. The van der Waals surface area contributed by atoms with Gasteiger partial charge in [0.25, 0.3) is 0 Å². The SMILES string of the molecule is O=C(CCS(=O)(=O)C(Cl)Cl)Nc1cccc(Br)c1. The van der Waals surface area contributed by atoms with E-state index in [-0.39, 0.29) is 12.2 Å². The minimum atomic E-state index is -3.63. The molecule has 1 amide bonds. The van der Waals surface area contributed by atoms with Gasteiger partial charge < -0.3 is 5.32 Å². The zero-order valence-corrected chi connectivity index (χ0v) is 13.0. The number of nitrogens with one attached hydrogen (secondary N) is 1. The molecule has 1 N–H and O–H groups in total. The highest BCUT2D eigenvalue weighted by Gasteiger charge is 2.21. The lowest BCUT2D eigenvalue weighted by atomic mass is 10.3. The Labute approximate surface area is 124 Å². The van der Waals surface area contributed by atoms with Gasteiger partial charge in [-0.05, 0) is 18.2 Å². The van der Waals surface area contributed by atoms with Crippen molar-refractivity contribution >= 4 is 60.6 Å². The summed E-state index contributed by atoms with van der Waals surface area (Å²) in [5.74, 6) is -0.796. The fourth-order valence-electron chi connectivity index (χ4n) is 1.11. The third-order valence-corrected chi connectivity index (χ3v) is 5.43. The molecule has 1 aromatic carbocycles. The summed E-state index contributed by atoms with van der Waals surface area (Å²) in [6.07, 6.45) is -0.190. The van der Waals surface area contributed by atoms with Crippen molar-refractivity contribution < 1.29 is 13.2 Å². The van der Waals surface area contributed by atoms with Crippen LogP contribution < -0.4 is 5.32 Å². The first kappa shape index (κ1) is 15.8. The van der Waals surface area contributed by atoms with Crippen LogP contribution in [0.2, 0.25) is 0 Å². The van der Waals surface area contributed by atoms with Crippen LogP contribution in [-0.2, 0) is 14.6 Å². The van der Waals surface area contributed by atoms with Crippen molar-refractivity contribution in [2.24, 2.45) is 0 Å². The molecule has 0 aliphatic carbocycles. The molecule has 8 heteroatoms. The van der Waals surface area contributed by atoms with Gasteiger partial charge >= 0.3 is 0 Å². The Hall–Kier alpha value is -0.300. The molecule has 0 unspecified atom stereocenters. The maximum atomic E-state index is 11.5. The van der Waals surface area contributed by atoms with E-state index in [1.807, 2.05) is 6.07 Å². The van der Waals surface area contributed by atoms with Gasteiger partial charge in [-0.25, -0.2) is 8.42 Å². The molecule has 1 rings (SSSR count). The fraction of sp³-hybridized carbons (Fsp3) is 0.300. The lowest BCUT2D eigenvalue weighted by Gasteiger charge is -2.06. The quantitative estimate of drug-likeness (QED) is 0.806. The van der Waals surface area contributed by atoms with Gasteiger partial charge in [0.2, 0.25) is 10.1 Å². The molecule has 0 atom stereocenters. The van der Waals surface area contributed by atoms with E-state index in [4.69, 9.17) is 23.2 Å². The van der Waals surface area contributed by atoms with Gasteiger partial charge in [-0.3, -0.25) is 4.79 Å². The van der Waals surface area contributed by atoms with E-state index >= 15 is 0 Å². The summed E-state index contributed by atoms with van der Waals surface area (Å²) in [7, 11) is -3.63. The molecule has 0 aliphatic rings. The smallest absolute Gasteiger partial charge is 0.225 e. The normalized spacial score (nSPS) is 11.6. The molecule has 0 radical (unpaired) electrons. The number of sulfone groups is 1. The number of carbonyl (C=O) groups is 1. The topological polar surface area (TPSA) is 63.2 Å². The number of carbonyl (C=O) groups excluding carboxylic acids is 1. The monoisotopic (exact) mass is 373 g/mol. The van der Waals surface area contributed by atoms with Crippen molar-refractivity contribution in [3.8, 4) is 0 Å². The van der Waals surface area contributed by atoms with Crippen molar-refractivity contribution in [1.29, 1.82) is 0 Å². The van der Waals surface area contributed by atoms with Crippen molar-refractivity contribution in [3.05, 3.63) is 28.7 Å². The van der Waals surface area contributed by atoms with E-state index in [0.29, 0.717) is 5.69 Å². The standard InChI is InChI=1S/C10H10BrCl2NO3S/c11-7-2-1-3-8(6-7)14-9(15)4-5-18(16,17)10(12)13/h1-3,6,10H,4-5H2,(H,14,15). The number of anilines is 1. The first-order valence-corrected chi connectivity index (χ1v) is 8.24. The summed E-state index contributed by atoms with van der Waals surface area (Å²) in [5.41, 5.74) is 0.583. The number of hydrogen-bond acceptors (Lipinski definition) is 3. The van der Waals surface area contributed by atoms with Crippen LogP contribution in [0.5, 0.6) is 0 Å². The van der Waals surface area contributed by atoms with Crippen molar-refractivity contribution in [1.82, 2.24) is 0 Å². The highest BCUT2D eigenvalue weighted by Crippen LogP contribution is 2.16. The van der Waals surface area contributed by atoms with Gasteiger partial charge in [-0.2, -0.15) is 0 Å². The molecular weight excluding hydrogens is 365 g/mol. The summed E-state index contributed by atoms with van der Waals surface area (Å²) >= 11 is 13.8. The van der Waals surface area contributed by atoms with Gasteiger partial charge in [0, 0.05) is 16.6 Å². The predicted octanol–water partition coefficient (Wildman–Crippen LogP) is 2.95. The number of benzene rings is 1. The second-order valence-electron chi connectivity index (χ2n) is 3.44. The summed E-state index contributed by atoms with van der Waals surface area (Å²) in [6.45, 7) is 0. The molecule has 0 saturated heterocycles. The zero-order valence-electron chi connectivity index (χ0n) is 9.07. The Morgan fingerprint density at radius 1 is 1.39 bits per heavy atom. The van der Waals surface area contributed by atoms with Crippen molar-refractivity contribution in [2.75, 3.05) is 11.1 Å². The fourth-order valence-corrected chi connectivity index (χ4v) is 2.70. The molecule has 0 spiro atoms. The Bertz CT molecular complexity index is 534. The van der Waals surface area contributed by atoms with Crippen LogP contribution in [0.25, 0.3) is 0 Å². The summed E-state index contributed by atoms with van der Waals surface area (Å²) in [4.78, 5) is 11.5. The lowest BCUT2D eigenvalue weighted by Crippen LogP contribution is -2.20. The molecule has 0 bridgehead atoms. The Kier molecular flexibility index (Phi) is 5.91. The van der Waals surface area contributed by atoms with E-state index in [9.17, 15) is 13.2 Å². The van der Waals surface area contributed by atoms with E-state index in [0.717, 1.165) is 4.47 Å². The summed E-state index contributed by atoms with van der Waals surface area (Å²) in [5, 5.41) is 2.57. The maximum absolute atomic E-state index is 11.5. The van der Waals surface area contributed by atoms with E-state index in [2.05, 4.69) is 21.2 Å². The first-order chi connectivity index (χ1) is 8.31. The average molecular weight is 375 g/mol. The van der Waals surface area contributed by atoms with Gasteiger partial charge in [-0.15, -0.1) is 0 Å². The van der Waals surface area contributed by atoms with Crippen LogP contribution in [-0.4, -0.2) is 24.2 Å². The van der Waals surface area contributed by atoms with Crippen LogP contribution in [0.15, 0.2) is 28.7 Å². The second kappa shape index (κ2) is 6.75. The van der Waals surface area contributed by atoms with Gasteiger partial charge in [-0.1, -0.05) is 45.2 Å². The first-order valence-electron chi connectivity index (χ1n) is 4.86. The van der Waals surface area contributed by atoms with Crippen molar-refractivity contribution in [2.45, 2.75) is 10.6 Å². The molecular formula is C10H10BrCl2NO3S. The minimum absolute atomic E-state index is 0.190. The van der Waals surface area contributed by atoms with E-state index in [1.165, 1.54) is 0 Å². The minimum Gasteiger partial charge on any atom is -0.326 e. The van der Waals surface area contributed by atoms with Crippen molar-refractivity contribution in [3.63, 3.8) is 0 Å². The van der Waals surface area contributed by atoms with Crippen LogP contribution in [0.1, 0.15) is 6.42 Å². The third kappa shape index (κ3) is 5.14. The molecule has 0 aliphatic heterocycles. The van der Waals surface area contributed by atoms with Gasteiger partial charge in [0.15, 0.2) is 9.84 Å². The Morgan fingerprint density at radius 2 is 2.06 bits per heavy atom. The molecule has 100 valence electrons. The van der Waals surface area contributed by atoms with Crippen LogP contribution >= 0.6 is 39.1 Å². The van der Waals surface area contributed by atoms with Crippen LogP contribution in [0.4, 0.5) is 5.69 Å². The molecule has 0 aromatic heterocycles. The van der Waals surface area contributed by atoms with Crippen LogP contribution in [0.3, 0.4) is 0 Å². The van der Waals surface area contributed by atoms with Crippen LogP contribution in [0, 0.1) is 0 Å². The number of alkyl halides is 2. The summed E-state index contributed by atoms with van der Waals surface area (Å²) < 4.78 is 21.9. The maximum Gasteiger partial charge on any atom is 0.225 e.